The zero-order valence-corrected chi connectivity index (χ0v) is 15.7. The molecule has 0 bridgehead atoms. The molecule has 0 spiro atoms. The van der Waals surface area contributed by atoms with Gasteiger partial charge in [-0.15, -0.1) is 11.3 Å². The Bertz CT molecular complexity index is 501. The van der Waals surface area contributed by atoms with Gasteiger partial charge in [0, 0.05) is 36.8 Å². The van der Waals surface area contributed by atoms with Gasteiger partial charge in [0.15, 0.2) is 0 Å². The number of likely N-dealkylation sites (N-methyl/N-ethyl adjacent to an activating group) is 1. The van der Waals surface area contributed by atoms with Gasteiger partial charge in [-0.25, -0.2) is 4.98 Å². The molecule has 0 aliphatic carbocycles. The summed E-state index contributed by atoms with van der Waals surface area (Å²) < 4.78 is 0. The summed E-state index contributed by atoms with van der Waals surface area (Å²) in [5.41, 5.74) is 0. The van der Waals surface area contributed by atoms with Crippen LogP contribution in [0, 0.1) is 12.8 Å². The molecule has 2 heterocycles. The number of amides is 1. The standard InChI is InChI=1S/C17H30N4OS/c1-5-20(6-2)12-17(22)19-16-7-8-21(10-13(16)3)11-15-9-18-14(4)23-15/h9,13,16H,5-8,10-12H2,1-4H3,(H,19,22)/t13-,16+/m0/s1. The summed E-state index contributed by atoms with van der Waals surface area (Å²) in [6, 6.07) is 0.303. The minimum atomic E-state index is 0.164. The molecular formula is C17H30N4OS. The molecule has 1 aliphatic rings. The van der Waals surface area contributed by atoms with E-state index in [1.165, 1.54) is 4.88 Å². The number of rotatable bonds is 7. The second kappa shape index (κ2) is 8.76. The summed E-state index contributed by atoms with van der Waals surface area (Å²) in [6.45, 7) is 13.9. The highest BCUT2D eigenvalue weighted by Crippen LogP contribution is 2.21. The summed E-state index contributed by atoms with van der Waals surface area (Å²) >= 11 is 1.78. The van der Waals surface area contributed by atoms with E-state index in [1.54, 1.807) is 11.3 Å². The van der Waals surface area contributed by atoms with Crippen LogP contribution in [0.1, 0.15) is 37.1 Å². The number of hydrogen-bond donors (Lipinski definition) is 1. The normalized spacial score (nSPS) is 22.5. The number of hydrogen-bond acceptors (Lipinski definition) is 5. The van der Waals surface area contributed by atoms with Crippen molar-refractivity contribution < 1.29 is 4.79 Å². The van der Waals surface area contributed by atoms with E-state index in [9.17, 15) is 4.79 Å². The number of thiazole rings is 1. The largest absolute Gasteiger partial charge is 0.352 e. The van der Waals surface area contributed by atoms with E-state index in [0.717, 1.165) is 44.2 Å². The first kappa shape index (κ1) is 18.4. The third kappa shape index (κ3) is 5.55. The van der Waals surface area contributed by atoms with Crippen LogP contribution in [-0.2, 0) is 11.3 Å². The highest BCUT2D eigenvalue weighted by Gasteiger charge is 2.27. The lowest BCUT2D eigenvalue weighted by Gasteiger charge is -2.37. The molecular weight excluding hydrogens is 308 g/mol. The lowest BCUT2D eigenvalue weighted by Crippen LogP contribution is -2.51. The molecule has 1 fully saturated rings. The Morgan fingerprint density at radius 1 is 1.48 bits per heavy atom. The van der Waals surface area contributed by atoms with Crippen LogP contribution >= 0.6 is 11.3 Å². The second-order valence-electron chi connectivity index (χ2n) is 6.48. The summed E-state index contributed by atoms with van der Waals surface area (Å²) in [5, 5.41) is 4.37. The number of aryl methyl sites for hydroxylation is 1. The van der Waals surface area contributed by atoms with Gasteiger partial charge >= 0.3 is 0 Å². The van der Waals surface area contributed by atoms with Crippen molar-refractivity contribution in [2.75, 3.05) is 32.7 Å². The molecule has 130 valence electrons. The van der Waals surface area contributed by atoms with E-state index in [4.69, 9.17) is 0 Å². The molecule has 2 atom stereocenters. The molecule has 0 saturated carbocycles. The van der Waals surface area contributed by atoms with E-state index >= 15 is 0 Å². The van der Waals surface area contributed by atoms with Gasteiger partial charge in [0.25, 0.3) is 0 Å². The lowest BCUT2D eigenvalue weighted by atomic mass is 9.93. The van der Waals surface area contributed by atoms with E-state index < -0.39 is 0 Å². The maximum Gasteiger partial charge on any atom is 0.234 e. The summed E-state index contributed by atoms with van der Waals surface area (Å²) in [6.07, 6.45) is 3.02. The number of carbonyl (C=O) groups excluding carboxylic acids is 1. The Labute approximate surface area is 144 Å². The summed E-state index contributed by atoms with van der Waals surface area (Å²) in [5.74, 6) is 0.649. The van der Waals surface area contributed by atoms with Crippen LogP contribution in [0.5, 0.6) is 0 Å². The number of carbonyl (C=O) groups is 1. The van der Waals surface area contributed by atoms with Crippen LogP contribution in [0.25, 0.3) is 0 Å². The van der Waals surface area contributed by atoms with Crippen molar-refractivity contribution in [2.24, 2.45) is 5.92 Å². The quantitative estimate of drug-likeness (QED) is 0.827. The van der Waals surface area contributed by atoms with E-state index in [2.05, 4.69) is 47.8 Å². The number of nitrogens with one attached hydrogen (secondary N) is 1. The maximum atomic E-state index is 12.2. The van der Waals surface area contributed by atoms with Crippen LogP contribution in [0.15, 0.2) is 6.20 Å². The van der Waals surface area contributed by atoms with Gasteiger partial charge in [0.05, 0.1) is 11.6 Å². The van der Waals surface area contributed by atoms with Crippen molar-refractivity contribution in [1.29, 1.82) is 0 Å². The van der Waals surface area contributed by atoms with Crippen LogP contribution in [0.3, 0.4) is 0 Å². The molecule has 2 rings (SSSR count). The first-order valence-corrected chi connectivity index (χ1v) is 9.48. The van der Waals surface area contributed by atoms with Crippen LogP contribution < -0.4 is 5.32 Å². The zero-order chi connectivity index (χ0) is 16.8. The molecule has 1 aromatic rings. The van der Waals surface area contributed by atoms with E-state index in [1.807, 2.05) is 6.20 Å². The summed E-state index contributed by atoms with van der Waals surface area (Å²) in [4.78, 5) is 22.5. The average Bonchev–Trinajstić information content (AvgIpc) is 2.92. The fourth-order valence-electron chi connectivity index (χ4n) is 3.19. The fourth-order valence-corrected chi connectivity index (χ4v) is 4.03. The molecule has 1 saturated heterocycles. The van der Waals surface area contributed by atoms with Crippen LogP contribution in [0.2, 0.25) is 0 Å². The van der Waals surface area contributed by atoms with E-state index in [-0.39, 0.29) is 5.91 Å². The van der Waals surface area contributed by atoms with Gasteiger partial charge < -0.3 is 5.32 Å². The molecule has 5 nitrogen and oxygen atoms in total. The molecule has 1 aliphatic heterocycles. The fraction of sp³-hybridized carbons (Fsp3) is 0.765. The topological polar surface area (TPSA) is 48.5 Å². The molecule has 0 radical (unpaired) electrons. The molecule has 6 heteroatoms. The first-order chi connectivity index (χ1) is 11.0. The predicted molar refractivity (Wildman–Crippen MR) is 95.6 cm³/mol. The monoisotopic (exact) mass is 338 g/mol. The van der Waals surface area contributed by atoms with Gasteiger partial charge in [0.1, 0.15) is 0 Å². The maximum absolute atomic E-state index is 12.2. The molecule has 1 amide bonds. The third-order valence-corrected chi connectivity index (χ3v) is 5.54. The van der Waals surface area contributed by atoms with Gasteiger partial charge in [-0.05, 0) is 32.4 Å². The first-order valence-electron chi connectivity index (χ1n) is 8.67. The Balaban J connectivity index is 1.78. The predicted octanol–water partition coefficient (Wildman–Crippen LogP) is 2.12. The highest BCUT2D eigenvalue weighted by atomic mass is 32.1. The molecule has 0 aromatic carbocycles. The Hall–Kier alpha value is -0.980. The van der Waals surface area contributed by atoms with Crippen molar-refractivity contribution in [3.8, 4) is 0 Å². The van der Waals surface area contributed by atoms with Crippen molar-refractivity contribution in [2.45, 2.75) is 46.7 Å². The van der Waals surface area contributed by atoms with Crippen molar-refractivity contribution >= 4 is 17.2 Å². The molecule has 0 unspecified atom stereocenters. The van der Waals surface area contributed by atoms with Crippen molar-refractivity contribution in [1.82, 2.24) is 20.1 Å². The molecule has 23 heavy (non-hydrogen) atoms. The number of likely N-dealkylation sites (tertiary alicyclic amines) is 1. The Morgan fingerprint density at radius 2 is 2.22 bits per heavy atom. The average molecular weight is 339 g/mol. The zero-order valence-electron chi connectivity index (χ0n) is 14.8. The Morgan fingerprint density at radius 3 is 2.78 bits per heavy atom. The van der Waals surface area contributed by atoms with E-state index in [0.29, 0.717) is 18.5 Å². The van der Waals surface area contributed by atoms with Gasteiger partial charge in [-0.3, -0.25) is 14.6 Å². The SMILES string of the molecule is CCN(CC)CC(=O)N[C@@H]1CCN(Cc2cnc(C)s2)C[C@@H]1C. The summed E-state index contributed by atoms with van der Waals surface area (Å²) in [7, 11) is 0. The van der Waals surface area contributed by atoms with Crippen LogP contribution in [0.4, 0.5) is 0 Å². The Kier molecular flexibility index (Phi) is 6.99. The molecule has 1 N–H and O–H groups in total. The number of nitrogens with zero attached hydrogens (tertiary/aromatic N) is 3. The van der Waals surface area contributed by atoms with Gasteiger partial charge in [-0.2, -0.15) is 0 Å². The van der Waals surface area contributed by atoms with Crippen molar-refractivity contribution in [3.05, 3.63) is 16.1 Å². The number of piperidine rings is 1. The highest BCUT2D eigenvalue weighted by molar-refractivity contribution is 7.11. The van der Waals surface area contributed by atoms with Crippen molar-refractivity contribution in [3.63, 3.8) is 0 Å². The minimum Gasteiger partial charge on any atom is -0.352 e. The minimum absolute atomic E-state index is 0.164. The second-order valence-corrected chi connectivity index (χ2v) is 7.80. The van der Waals surface area contributed by atoms with Gasteiger partial charge in [-0.1, -0.05) is 20.8 Å². The smallest absolute Gasteiger partial charge is 0.234 e. The third-order valence-electron chi connectivity index (χ3n) is 4.65. The number of aromatic nitrogens is 1. The molecule has 1 aromatic heterocycles. The van der Waals surface area contributed by atoms with Crippen LogP contribution in [-0.4, -0.2) is 59.5 Å². The van der Waals surface area contributed by atoms with Gasteiger partial charge in [0.2, 0.25) is 5.91 Å². The lowest BCUT2D eigenvalue weighted by molar-refractivity contribution is -0.123.